The molecule has 0 aliphatic carbocycles. The second-order valence-corrected chi connectivity index (χ2v) is 2.67. The van der Waals surface area contributed by atoms with Gasteiger partial charge >= 0.3 is 0 Å². The Bertz CT molecular complexity index is 320. The summed E-state index contributed by atoms with van der Waals surface area (Å²) < 4.78 is 5.11. The highest BCUT2D eigenvalue weighted by Crippen LogP contribution is 1.93. The van der Waals surface area contributed by atoms with Crippen molar-refractivity contribution >= 4 is 0 Å². The van der Waals surface area contributed by atoms with Crippen LogP contribution in [0.1, 0.15) is 25.2 Å². The van der Waals surface area contributed by atoms with E-state index in [1.807, 2.05) is 13.8 Å². The van der Waals surface area contributed by atoms with E-state index in [9.17, 15) is 4.79 Å². The van der Waals surface area contributed by atoms with Crippen molar-refractivity contribution in [2.75, 3.05) is 6.61 Å². The second-order valence-electron chi connectivity index (χ2n) is 2.67. The van der Waals surface area contributed by atoms with Gasteiger partial charge in [-0.05, 0) is 6.92 Å². The van der Waals surface area contributed by atoms with Crippen molar-refractivity contribution in [1.82, 2.24) is 9.97 Å². The van der Waals surface area contributed by atoms with Crippen molar-refractivity contribution in [2.45, 2.75) is 26.9 Å². The van der Waals surface area contributed by atoms with E-state index in [0.717, 1.165) is 6.42 Å². The summed E-state index contributed by atoms with van der Waals surface area (Å²) in [4.78, 5) is 18.1. The first-order chi connectivity index (χ1) is 6.27. The quantitative estimate of drug-likeness (QED) is 0.751. The van der Waals surface area contributed by atoms with E-state index in [4.69, 9.17) is 4.74 Å². The Labute approximate surface area is 77.0 Å². The molecule has 0 aliphatic rings. The van der Waals surface area contributed by atoms with Crippen molar-refractivity contribution in [2.24, 2.45) is 0 Å². The molecule has 0 amide bonds. The average molecular weight is 182 g/mol. The largest absolute Gasteiger partial charge is 0.377 e. The van der Waals surface area contributed by atoms with E-state index in [-0.39, 0.29) is 5.56 Å². The first kappa shape index (κ1) is 9.92. The maximum absolute atomic E-state index is 11.3. The lowest BCUT2D eigenvalue weighted by molar-refractivity contribution is 0.133. The number of H-pyrrole nitrogens is 1. The summed E-state index contributed by atoms with van der Waals surface area (Å²) in [6.45, 7) is 4.78. The van der Waals surface area contributed by atoms with Crippen LogP contribution in [0.15, 0.2) is 11.0 Å². The van der Waals surface area contributed by atoms with Crippen LogP contribution in [0.5, 0.6) is 0 Å². The normalized spacial score (nSPS) is 10.3. The van der Waals surface area contributed by atoms with E-state index < -0.39 is 0 Å². The van der Waals surface area contributed by atoms with Crippen LogP contribution in [0.25, 0.3) is 0 Å². The smallest absolute Gasteiger partial charge is 0.256 e. The summed E-state index contributed by atoms with van der Waals surface area (Å²) in [6, 6.07) is 0. The van der Waals surface area contributed by atoms with Gasteiger partial charge in [-0.15, -0.1) is 0 Å². The third-order valence-corrected chi connectivity index (χ3v) is 1.72. The van der Waals surface area contributed by atoms with Crippen LogP contribution in [0.2, 0.25) is 0 Å². The number of nitrogens with zero attached hydrogens (tertiary/aromatic N) is 1. The van der Waals surface area contributed by atoms with Gasteiger partial charge in [-0.3, -0.25) is 4.79 Å². The minimum Gasteiger partial charge on any atom is -0.377 e. The Morgan fingerprint density at radius 1 is 1.54 bits per heavy atom. The molecule has 0 unspecified atom stereocenters. The summed E-state index contributed by atoms with van der Waals surface area (Å²) in [7, 11) is 0. The zero-order valence-electron chi connectivity index (χ0n) is 7.96. The van der Waals surface area contributed by atoms with Gasteiger partial charge in [0.25, 0.3) is 5.56 Å². The zero-order valence-corrected chi connectivity index (χ0v) is 7.96. The molecule has 13 heavy (non-hydrogen) atoms. The number of hydrogen-bond acceptors (Lipinski definition) is 3. The van der Waals surface area contributed by atoms with Crippen LogP contribution in [0, 0.1) is 0 Å². The number of hydrogen-bond donors (Lipinski definition) is 1. The summed E-state index contributed by atoms with van der Waals surface area (Å²) in [5, 5.41) is 0. The number of aryl methyl sites for hydroxylation is 1. The number of ether oxygens (including phenoxy) is 1. The van der Waals surface area contributed by atoms with Crippen LogP contribution in [0.3, 0.4) is 0 Å². The van der Waals surface area contributed by atoms with E-state index >= 15 is 0 Å². The SMILES string of the molecule is CCOCc1cnc(CC)[nH]c1=O. The van der Waals surface area contributed by atoms with Crippen LogP contribution in [-0.2, 0) is 17.8 Å². The molecule has 0 aliphatic heterocycles. The highest BCUT2D eigenvalue weighted by atomic mass is 16.5. The molecule has 0 spiro atoms. The Morgan fingerprint density at radius 2 is 2.31 bits per heavy atom. The molecule has 1 aromatic heterocycles. The van der Waals surface area contributed by atoms with Gasteiger partial charge in [-0.25, -0.2) is 4.98 Å². The van der Waals surface area contributed by atoms with Crippen molar-refractivity contribution in [1.29, 1.82) is 0 Å². The molecule has 1 rings (SSSR count). The van der Waals surface area contributed by atoms with Gasteiger partial charge in [0.05, 0.1) is 12.2 Å². The van der Waals surface area contributed by atoms with E-state index in [0.29, 0.717) is 24.6 Å². The predicted molar refractivity (Wildman–Crippen MR) is 49.6 cm³/mol. The third kappa shape index (κ3) is 2.66. The topological polar surface area (TPSA) is 55.0 Å². The summed E-state index contributed by atoms with van der Waals surface area (Å²) >= 11 is 0. The fourth-order valence-corrected chi connectivity index (χ4v) is 0.953. The van der Waals surface area contributed by atoms with Crippen molar-refractivity contribution < 1.29 is 4.74 Å². The molecule has 0 atom stereocenters. The predicted octanol–water partition coefficient (Wildman–Crippen LogP) is 0.869. The van der Waals surface area contributed by atoms with Gasteiger partial charge in [0.1, 0.15) is 5.82 Å². The Hall–Kier alpha value is -1.16. The molecular weight excluding hydrogens is 168 g/mol. The van der Waals surface area contributed by atoms with E-state index in [1.54, 1.807) is 6.20 Å². The van der Waals surface area contributed by atoms with Gasteiger partial charge in [0.2, 0.25) is 0 Å². The second kappa shape index (κ2) is 4.77. The Balaban J connectivity index is 2.80. The molecule has 0 saturated carbocycles. The lowest BCUT2D eigenvalue weighted by atomic mass is 10.3. The van der Waals surface area contributed by atoms with E-state index in [1.165, 1.54) is 0 Å². The van der Waals surface area contributed by atoms with Gasteiger partial charge < -0.3 is 9.72 Å². The van der Waals surface area contributed by atoms with Crippen LogP contribution in [0.4, 0.5) is 0 Å². The summed E-state index contributed by atoms with van der Waals surface area (Å²) in [5.41, 5.74) is 0.486. The average Bonchev–Trinajstić information content (AvgIpc) is 2.16. The molecule has 0 saturated heterocycles. The Morgan fingerprint density at radius 3 is 2.85 bits per heavy atom. The molecule has 0 fully saturated rings. The lowest BCUT2D eigenvalue weighted by Crippen LogP contribution is -2.16. The molecule has 1 aromatic rings. The van der Waals surface area contributed by atoms with Gasteiger partial charge in [0.15, 0.2) is 0 Å². The van der Waals surface area contributed by atoms with Crippen LogP contribution < -0.4 is 5.56 Å². The minimum absolute atomic E-state index is 0.0969. The molecule has 4 heteroatoms. The fraction of sp³-hybridized carbons (Fsp3) is 0.556. The van der Waals surface area contributed by atoms with Crippen LogP contribution >= 0.6 is 0 Å². The number of aromatic amines is 1. The number of rotatable bonds is 4. The number of aromatic nitrogens is 2. The summed E-state index contributed by atoms with van der Waals surface area (Å²) in [5.74, 6) is 0.713. The highest BCUT2D eigenvalue weighted by molar-refractivity contribution is 5.04. The first-order valence-electron chi connectivity index (χ1n) is 4.42. The number of nitrogens with one attached hydrogen (secondary N) is 1. The van der Waals surface area contributed by atoms with Gasteiger partial charge in [-0.1, -0.05) is 6.92 Å². The first-order valence-corrected chi connectivity index (χ1v) is 4.42. The standard InChI is InChI=1S/C9H14N2O2/c1-3-8-10-5-7(6-13-4-2)9(12)11-8/h5H,3-4,6H2,1-2H3,(H,10,11,12). The van der Waals surface area contributed by atoms with Crippen molar-refractivity contribution in [3.63, 3.8) is 0 Å². The molecule has 0 aromatic carbocycles. The highest BCUT2D eigenvalue weighted by Gasteiger charge is 2.00. The maximum Gasteiger partial charge on any atom is 0.256 e. The molecule has 4 nitrogen and oxygen atoms in total. The molecule has 0 radical (unpaired) electrons. The zero-order chi connectivity index (χ0) is 9.68. The van der Waals surface area contributed by atoms with Crippen LogP contribution in [-0.4, -0.2) is 16.6 Å². The van der Waals surface area contributed by atoms with Crippen molar-refractivity contribution in [3.8, 4) is 0 Å². The molecule has 0 bridgehead atoms. The van der Waals surface area contributed by atoms with Gasteiger partial charge in [0, 0.05) is 19.2 Å². The molecule has 1 N–H and O–H groups in total. The van der Waals surface area contributed by atoms with Crippen molar-refractivity contribution in [3.05, 3.63) is 27.9 Å². The summed E-state index contributed by atoms with van der Waals surface area (Å²) in [6.07, 6.45) is 2.32. The van der Waals surface area contributed by atoms with E-state index in [2.05, 4.69) is 9.97 Å². The Kier molecular flexibility index (Phi) is 3.64. The lowest BCUT2D eigenvalue weighted by Gasteiger charge is -2.00. The molecule has 72 valence electrons. The third-order valence-electron chi connectivity index (χ3n) is 1.72. The monoisotopic (exact) mass is 182 g/mol. The molecule has 1 heterocycles. The fourth-order valence-electron chi connectivity index (χ4n) is 0.953. The minimum atomic E-state index is -0.0969. The molecular formula is C9H14N2O2. The maximum atomic E-state index is 11.3. The van der Waals surface area contributed by atoms with Gasteiger partial charge in [-0.2, -0.15) is 0 Å².